The van der Waals surface area contributed by atoms with Crippen molar-refractivity contribution in [2.24, 2.45) is 5.73 Å². The highest BCUT2D eigenvalue weighted by molar-refractivity contribution is 7.47. The lowest BCUT2D eigenvalue weighted by Gasteiger charge is -2.19. The lowest BCUT2D eigenvalue weighted by atomic mass is 10.0. The molecule has 0 aliphatic carbocycles. The molecule has 0 aromatic rings. The fourth-order valence-electron chi connectivity index (χ4n) is 6.85. The molecule has 1 unspecified atom stereocenters. The average Bonchev–Trinajstić information content (AvgIpc) is 3.22. The SMILES string of the molecule is CCCCCCCCCCCCC/C=C/CCC(=O)O[C@@H](COC(=O)CCC/C=C/CC/C=C/CCCCCCCCCCCCCCCC)COP(=O)(O)OCCN. The molecule has 0 aliphatic heterocycles. The summed E-state index contributed by atoms with van der Waals surface area (Å²) < 4.78 is 32.7. The van der Waals surface area contributed by atoms with E-state index in [-0.39, 0.29) is 32.6 Å². The Morgan fingerprint density at radius 1 is 0.492 bits per heavy atom. The molecular formula is C49H92NO8P. The van der Waals surface area contributed by atoms with Crippen LogP contribution in [0.1, 0.15) is 232 Å². The van der Waals surface area contributed by atoms with Gasteiger partial charge in [-0.1, -0.05) is 198 Å². The van der Waals surface area contributed by atoms with Gasteiger partial charge in [-0.3, -0.25) is 18.6 Å². The van der Waals surface area contributed by atoms with E-state index in [0.717, 1.165) is 38.5 Å². The second kappa shape index (κ2) is 45.7. The normalized spacial score (nSPS) is 13.5. The van der Waals surface area contributed by atoms with E-state index in [2.05, 4.69) is 44.2 Å². The number of carbonyl (C=O) groups excluding carboxylic acids is 2. The Balaban J connectivity index is 4.12. The largest absolute Gasteiger partial charge is 0.472 e. The molecule has 0 aliphatic rings. The van der Waals surface area contributed by atoms with Crippen molar-refractivity contribution in [2.75, 3.05) is 26.4 Å². The highest BCUT2D eigenvalue weighted by Gasteiger charge is 2.25. The summed E-state index contributed by atoms with van der Waals surface area (Å²) in [5, 5.41) is 0. The molecule has 0 saturated heterocycles. The molecule has 0 spiro atoms. The maximum absolute atomic E-state index is 12.6. The van der Waals surface area contributed by atoms with Crippen molar-refractivity contribution in [3.05, 3.63) is 36.5 Å². The summed E-state index contributed by atoms with van der Waals surface area (Å²) in [5.41, 5.74) is 5.35. The first-order valence-corrected chi connectivity index (χ1v) is 26.0. The molecule has 9 nitrogen and oxygen atoms in total. The van der Waals surface area contributed by atoms with Gasteiger partial charge in [-0.2, -0.15) is 0 Å². The molecule has 0 radical (unpaired) electrons. The van der Waals surface area contributed by atoms with Gasteiger partial charge in [0.2, 0.25) is 0 Å². The Bertz CT molecular complexity index is 1060. The molecule has 59 heavy (non-hydrogen) atoms. The first kappa shape index (κ1) is 57.2. The Hall–Kier alpha value is -1.77. The van der Waals surface area contributed by atoms with Gasteiger partial charge in [0.1, 0.15) is 6.61 Å². The lowest BCUT2D eigenvalue weighted by Crippen LogP contribution is -2.29. The molecule has 2 atom stereocenters. The van der Waals surface area contributed by atoms with Crippen LogP contribution in [0.25, 0.3) is 0 Å². The second-order valence-corrected chi connectivity index (χ2v) is 17.8. The van der Waals surface area contributed by atoms with Crippen LogP contribution in [0.3, 0.4) is 0 Å². The minimum Gasteiger partial charge on any atom is -0.462 e. The van der Waals surface area contributed by atoms with Gasteiger partial charge >= 0.3 is 19.8 Å². The average molecular weight is 854 g/mol. The van der Waals surface area contributed by atoms with Crippen molar-refractivity contribution in [2.45, 2.75) is 238 Å². The Morgan fingerprint density at radius 2 is 0.881 bits per heavy atom. The first-order chi connectivity index (χ1) is 28.8. The molecule has 10 heteroatoms. The standard InChI is InChI=1S/C49H92NO8P/c1-3-5-7-9-11-13-15-17-19-20-21-22-23-24-25-26-28-29-31-33-35-37-39-41-48(51)55-45-47(46-57-59(53,54)56-44-43-50)58-49(52)42-40-38-36-34-32-30-27-18-16-14-12-10-8-6-4-2/h26,28,33,35-36,38,47H,3-25,27,29-32,34,37,39-46,50H2,1-2H3,(H,53,54)/b28-26+,35-33+,38-36+/t47-/m0/s1. The summed E-state index contributed by atoms with van der Waals surface area (Å²) in [6, 6.07) is 0. The number of esters is 2. The van der Waals surface area contributed by atoms with Crippen LogP contribution >= 0.6 is 7.82 Å². The Labute approximate surface area is 363 Å². The maximum Gasteiger partial charge on any atom is 0.472 e. The second-order valence-electron chi connectivity index (χ2n) is 16.3. The number of hydrogen-bond acceptors (Lipinski definition) is 8. The van der Waals surface area contributed by atoms with Crippen LogP contribution in [0.15, 0.2) is 36.5 Å². The summed E-state index contributed by atoms with van der Waals surface area (Å²) in [7, 11) is -4.40. The third kappa shape index (κ3) is 45.6. The van der Waals surface area contributed by atoms with Crippen LogP contribution in [-0.4, -0.2) is 49.3 Å². The number of phosphoric ester groups is 1. The van der Waals surface area contributed by atoms with E-state index < -0.39 is 32.5 Å². The zero-order chi connectivity index (χ0) is 43.2. The minimum absolute atomic E-state index is 0.0442. The van der Waals surface area contributed by atoms with E-state index in [1.807, 2.05) is 6.08 Å². The van der Waals surface area contributed by atoms with Gasteiger partial charge in [-0.25, -0.2) is 4.57 Å². The monoisotopic (exact) mass is 854 g/mol. The van der Waals surface area contributed by atoms with Gasteiger partial charge < -0.3 is 20.1 Å². The molecule has 0 heterocycles. The van der Waals surface area contributed by atoms with Crippen molar-refractivity contribution in [3.8, 4) is 0 Å². The summed E-state index contributed by atoms with van der Waals surface area (Å²) in [6.07, 6.45) is 52.1. The van der Waals surface area contributed by atoms with E-state index in [1.54, 1.807) is 0 Å². The molecule has 0 fully saturated rings. The fourth-order valence-corrected chi connectivity index (χ4v) is 7.62. The van der Waals surface area contributed by atoms with Crippen LogP contribution < -0.4 is 5.73 Å². The molecular weight excluding hydrogens is 762 g/mol. The number of carbonyl (C=O) groups is 2. The molecule has 3 N–H and O–H groups in total. The smallest absolute Gasteiger partial charge is 0.462 e. The number of unbranched alkanes of at least 4 members (excludes halogenated alkanes) is 27. The van der Waals surface area contributed by atoms with E-state index in [0.29, 0.717) is 12.8 Å². The van der Waals surface area contributed by atoms with Crippen LogP contribution in [0.2, 0.25) is 0 Å². The predicted octanol–water partition coefficient (Wildman–Crippen LogP) is 14.5. The molecule has 0 saturated carbocycles. The number of allylic oxidation sites excluding steroid dienone is 6. The van der Waals surface area contributed by atoms with E-state index in [1.165, 1.54) is 154 Å². The van der Waals surface area contributed by atoms with E-state index in [4.69, 9.17) is 24.3 Å². The zero-order valence-corrected chi connectivity index (χ0v) is 39.1. The molecule has 0 aromatic heterocycles. The van der Waals surface area contributed by atoms with Crippen molar-refractivity contribution in [3.63, 3.8) is 0 Å². The van der Waals surface area contributed by atoms with Gasteiger partial charge in [0.05, 0.1) is 13.2 Å². The third-order valence-electron chi connectivity index (χ3n) is 10.5. The first-order valence-electron chi connectivity index (χ1n) is 24.5. The summed E-state index contributed by atoms with van der Waals surface area (Å²) in [6.45, 7) is 3.68. The topological polar surface area (TPSA) is 134 Å². The van der Waals surface area contributed by atoms with Crippen LogP contribution in [-0.2, 0) is 32.7 Å². The molecule has 0 aromatic carbocycles. The van der Waals surface area contributed by atoms with Gasteiger partial charge in [0, 0.05) is 19.4 Å². The van der Waals surface area contributed by atoms with Gasteiger partial charge in [-0.05, 0) is 57.8 Å². The Morgan fingerprint density at radius 3 is 1.32 bits per heavy atom. The fraction of sp³-hybridized carbons (Fsp3) is 0.837. The summed E-state index contributed by atoms with van der Waals surface area (Å²) in [5.74, 6) is -0.928. The predicted molar refractivity (Wildman–Crippen MR) is 247 cm³/mol. The van der Waals surface area contributed by atoms with Gasteiger partial charge in [0.25, 0.3) is 0 Å². The van der Waals surface area contributed by atoms with Crippen molar-refractivity contribution >= 4 is 19.8 Å². The third-order valence-corrected chi connectivity index (χ3v) is 11.5. The Kier molecular flexibility index (Phi) is 44.4. The quantitative estimate of drug-likeness (QED) is 0.0265. The lowest BCUT2D eigenvalue weighted by molar-refractivity contribution is -0.161. The minimum atomic E-state index is -4.40. The summed E-state index contributed by atoms with van der Waals surface area (Å²) >= 11 is 0. The number of phosphoric acid groups is 1. The molecule has 0 rings (SSSR count). The highest BCUT2D eigenvalue weighted by atomic mass is 31.2. The zero-order valence-electron chi connectivity index (χ0n) is 38.2. The molecule has 0 bridgehead atoms. The number of hydrogen-bond donors (Lipinski definition) is 2. The molecule has 0 amide bonds. The van der Waals surface area contributed by atoms with Crippen molar-refractivity contribution < 1.29 is 37.6 Å². The maximum atomic E-state index is 12.6. The van der Waals surface area contributed by atoms with Crippen LogP contribution in [0, 0.1) is 0 Å². The van der Waals surface area contributed by atoms with Gasteiger partial charge in [0.15, 0.2) is 6.10 Å². The summed E-state index contributed by atoms with van der Waals surface area (Å²) in [4.78, 5) is 34.9. The number of rotatable bonds is 46. The van der Waals surface area contributed by atoms with E-state index >= 15 is 0 Å². The van der Waals surface area contributed by atoms with E-state index in [9.17, 15) is 19.0 Å². The van der Waals surface area contributed by atoms with Crippen molar-refractivity contribution in [1.29, 1.82) is 0 Å². The van der Waals surface area contributed by atoms with Crippen molar-refractivity contribution in [1.82, 2.24) is 0 Å². The number of ether oxygens (including phenoxy) is 2. The number of nitrogens with two attached hydrogens (primary N) is 1. The molecule has 346 valence electrons. The highest BCUT2D eigenvalue weighted by Crippen LogP contribution is 2.43. The van der Waals surface area contributed by atoms with Crippen LogP contribution in [0.4, 0.5) is 0 Å². The van der Waals surface area contributed by atoms with Crippen LogP contribution in [0.5, 0.6) is 0 Å². The van der Waals surface area contributed by atoms with Gasteiger partial charge in [-0.15, -0.1) is 0 Å².